The molecular weight excluding hydrogens is 316 g/mol. The van der Waals surface area contributed by atoms with E-state index < -0.39 is 4.92 Å². The third-order valence-corrected chi connectivity index (χ3v) is 5.69. The van der Waals surface area contributed by atoms with E-state index in [0.29, 0.717) is 0 Å². The molecule has 102 valence electrons. The van der Waals surface area contributed by atoms with Gasteiger partial charge in [-0.25, -0.2) is 4.98 Å². The minimum Gasteiger partial charge on any atom is -0.258 e. The van der Waals surface area contributed by atoms with Crippen molar-refractivity contribution >= 4 is 50.3 Å². The summed E-state index contributed by atoms with van der Waals surface area (Å²) in [6, 6.07) is 4.69. The van der Waals surface area contributed by atoms with Gasteiger partial charge in [0.05, 0.1) is 15.1 Å². The average molecular weight is 324 g/mol. The summed E-state index contributed by atoms with van der Waals surface area (Å²) >= 11 is 4.42. The van der Waals surface area contributed by atoms with Gasteiger partial charge in [-0.2, -0.15) is 0 Å². The minimum absolute atomic E-state index is 0.0851. The normalized spacial score (nSPS) is 11.1. The first-order valence-electron chi connectivity index (χ1n) is 5.71. The molecule has 3 rings (SSSR count). The number of nitrogens with zero attached hydrogens (tertiary/aromatic N) is 4. The Kier molecular flexibility index (Phi) is 3.64. The van der Waals surface area contributed by atoms with Crippen LogP contribution in [0.2, 0.25) is 0 Å². The van der Waals surface area contributed by atoms with Gasteiger partial charge >= 0.3 is 0 Å². The van der Waals surface area contributed by atoms with E-state index in [4.69, 9.17) is 0 Å². The predicted molar refractivity (Wildman–Crippen MR) is 79.7 cm³/mol. The zero-order valence-electron chi connectivity index (χ0n) is 10.3. The average Bonchev–Trinajstić information content (AvgIpc) is 3.03. The highest BCUT2D eigenvalue weighted by molar-refractivity contribution is 8.02. The maximum absolute atomic E-state index is 10.7. The van der Waals surface area contributed by atoms with Crippen LogP contribution in [0, 0.1) is 10.1 Å². The standard InChI is InChI=1S/C11H8N4O2S3/c1-2-9-13-14-11(19-9)20-10-12-7-4-3-6(15(16)17)5-8(7)18-10/h3-5H,2H2,1H3. The fourth-order valence-corrected chi connectivity index (χ4v) is 4.68. The molecule has 0 aliphatic rings. The molecule has 0 atom stereocenters. The molecule has 1 aromatic carbocycles. The van der Waals surface area contributed by atoms with Gasteiger partial charge in [-0.05, 0) is 24.2 Å². The van der Waals surface area contributed by atoms with E-state index in [-0.39, 0.29) is 5.69 Å². The summed E-state index contributed by atoms with van der Waals surface area (Å²) in [5, 5.41) is 19.9. The molecule has 3 aromatic rings. The number of fused-ring (bicyclic) bond motifs is 1. The van der Waals surface area contributed by atoms with Crippen LogP contribution in [0.4, 0.5) is 5.69 Å². The molecule has 0 spiro atoms. The summed E-state index contributed by atoms with van der Waals surface area (Å²) in [5.74, 6) is 0. The van der Waals surface area contributed by atoms with Crippen LogP contribution in [0.1, 0.15) is 11.9 Å². The quantitative estimate of drug-likeness (QED) is 0.536. The van der Waals surface area contributed by atoms with Crippen molar-refractivity contribution in [2.75, 3.05) is 0 Å². The van der Waals surface area contributed by atoms with Crippen LogP contribution in [0.25, 0.3) is 10.2 Å². The SMILES string of the molecule is CCc1nnc(Sc2nc3ccc([N+](=O)[O-])cc3s2)s1. The highest BCUT2D eigenvalue weighted by Gasteiger charge is 2.12. The van der Waals surface area contributed by atoms with Crippen molar-refractivity contribution in [3.63, 3.8) is 0 Å². The monoisotopic (exact) mass is 324 g/mol. The highest BCUT2D eigenvalue weighted by atomic mass is 32.2. The van der Waals surface area contributed by atoms with Crippen LogP contribution >= 0.6 is 34.4 Å². The number of benzene rings is 1. The van der Waals surface area contributed by atoms with Gasteiger partial charge in [-0.15, -0.1) is 21.5 Å². The molecular formula is C11H8N4O2S3. The highest BCUT2D eigenvalue weighted by Crippen LogP contribution is 2.36. The first kappa shape index (κ1) is 13.4. The maximum Gasteiger partial charge on any atom is 0.270 e. The van der Waals surface area contributed by atoms with E-state index in [2.05, 4.69) is 15.2 Å². The van der Waals surface area contributed by atoms with Crippen LogP contribution in [0.3, 0.4) is 0 Å². The molecule has 0 fully saturated rings. The van der Waals surface area contributed by atoms with E-state index in [0.717, 1.165) is 30.3 Å². The van der Waals surface area contributed by atoms with Crippen molar-refractivity contribution in [2.24, 2.45) is 0 Å². The molecule has 0 saturated carbocycles. The summed E-state index contributed by atoms with van der Waals surface area (Å²) in [6.07, 6.45) is 0.865. The summed E-state index contributed by atoms with van der Waals surface area (Å²) in [6.45, 7) is 2.03. The lowest BCUT2D eigenvalue weighted by Crippen LogP contribution is -1.85. The van der Waals surface area contributed by atoms with E-state index in [1.54, 1.807) is 23.5 Å². The zero-order chi connectivity index (χ0) is 14.1. The summed E-state index contributed by atoms with van der Waals surface area (Å²) in [7, 11) is 0. The molecule has 0 amide bonds. The number of hydrogen-bond donors (Lipinski definition) is 0. The van der Waals surface area contributed by atoms with E-state index in [9.17, 15) is 10.1 Å². The van der Waals surface area contributed by atoms with Gasteiger partial charge < -0.3 is 0 Å². The van der Waals surface area contributed by atoms with Gasteiger partial charge in [0.15, 0.2) is 8.68 Å². The predicted octanol–water partition coefficient (Wildman–Crippen LogP) is 3.77. The van der Waals surface area contributed by atoms with Crippen LogP contribution in [-0.4, -0.2) is 20.1 Å². The molecule has 0 N–H and O–H groups in total. The Morgan fingerprint density at radius 1 is 1.30 bits per heavy atom. The molecule has 20 heavy (non-hydrogen) atoms. The van der Waals surface area contributed by atoms with Crippen LogP contribution in [0.15, 0.2) is 26.9 Å². The molecule has 9 heteroatoms. The van der Waals surface area contributed by atoms with Gasteiger partial charge in [0.1, 0.15) is 5.01 Å². The Morgan fingerprint density at radius 2 is 2.15 bits per heavy atom. The number of aromatic nitrogens is 3. The Labute approximate surface area is 126 Å². The smallest absolute Gasteiger partial charge is 0.258 e. The van der Waals surface area contributed by atoms with E-state index >= 15 is 0 Å². The zero-order valence-corrected chi connectivity index (χ0v) is 12.7. The fraction of sp³-hybridized carbons (Fsp3) is 0.182. The number of thiazole rings is 1. The maximum atomic E-state index is 10.7. The van der Waals surface area contributed by atoms with E-state index in [1.807, 2.05) is 6.92 Å². The Balaban J connectivity index is 1.90. The molecule has 0 aliphatic carbocycles. The van der Waals surface area contributed by atoms with Crippen molar-refractivity contribution in [3.8, 4) is 0 Å². The topological polar surface area (TPSA) is 81.8 Å². The van der Waals surface area contributed by atoms with Crippen molar-refractivity contribution in [3.05, 3.63) is 33.3 Å². The van der Waals surface area contributed by atoms with Gasteiger partial charge in [-0.3, -0.25) is 10.1 Å². The van der Waals surface area contributed by atoms with Gasteiger partial charge in [0.2, 0.25) is 0 Å². The Hall–Kier alpha value is -1.58. The molecule has 0 radical (unpaired) electrons. The molecule has 0 unspecified atom stereocenters. The summed E-state index contributed by atoms with van der Waals surface area (Å²) in [5.41, 5.74) is 0.852. The van der Waals surface area contributed by atoms with Crippen molar-refractivity contribution < 1.29 is 4.92 Å². The Bertz CT molecular complexity index is 783. The van der Waals surface area contributed by atoms with Crippen LogP contribution in [-0.2, 0) is 6.42 Å². The molecule has 0 saturated heterocycles. The van der Waals surface area contributed by atoms with Crippen molar-refractivity contribution in [2.45, 2.75) is 22.0 Å². The number of aryl methyl sites for hydroxylation is 1. The third kappa shape index (κ3) is 2.65. The number of nitro groups is 1. The molecule has 0 bridgehead atoms. The third-order valence-electron chi connectivity index (χ3n) is 2.49. The second-order valence-corrected chi connectivity index (χ2v) is 7.39. The van der Waals surface area contributed by atoms with E-state index in [1.165, 1.54) is 29.2 Å². The fourth-order valence-electron chi connectivity index (χ4n) is 1.55. The van der Waals surface area contributed by atoms with Crippen LogP contribution in [0.5, 0.6) is 0 Å². The lowest BCUT2D eigenvalue weighted by molar-refractivity contribution is -0.384. The second-order valence-electron chi connectivity index (χ2n) is 3.81. The Morgan fingerprint density at radius 3 is 2.85 bits per heavy atom. The van der Waals surface area contributed by atoms with Crippen LogP contribution < -0.4 is 0 Å². The second kappa shape index (κ2) is 5.43. The first-order chi connectivity index (χ1) is 9.65. The summed E-state index contributed by atoms with van der Waals surface area (Å²) < 4.78 is 2.47. The van der Waals surface area contributed by atoms with Gasteiger partial charge in [-0.1, -0.05) is 18.3 Å². The number of rotatable bonds is 4. The molecule has 2 aromatic heterocycles. The molecule has 0 aliphatic heterocycles. The summed E-state index contributed by atoms with van der Waals surface area (Å²) in [4.78, 5) is 14.8. The number of hydrogen-bond acceptors (Lipinski definition) is 8. The molecule has 2 heterocycles. The number of nitro benzene ring substituents is 1. The van der Waals surface area contributed by atoms with Crippen molar-refractivity contribution in [1.82, 2.24) is 15.2 Å². The number of non-ortho nitro benzene ring substituents is 1. The lowest BCUT2D eigenvalue weighted by Gasteiger charge is -1.88. The van der Waals surface area contributed by atoms with Crippen molar-refractivity contribution in [1.29, 1.82) is 0 Å². The molecule has 6 nitrogen and oxygen atoms in total. The van der Waals surface area contributed by atoms with Gasteiger partial charge in [0, 0.05) is 12.1 Å². The van der Waals surface area contributed by atoms with Gasteiger partial charge in [0.25, 0.3) is 5.69 Å². The minimum atomic E-state index is -0.399. The largest absolute Gasteiger partial charge is 0.270 e. The lowest BCUT2D eigenvalue weighted by atomic mass is 10.3. The first-order valence-corrected chi connectivity index (χ1v) is 8.16.